The van der Waals surface area contributed by atoms with Crippen molar-refractivity contribution in [3.63, 3.8) is 0 Å². The van der Waals surface area contributed by atoms with Gasteiger partial charge in [0, 0.05) is 19.5 Å². The summed E-state index contributed by atoms with van der Waals surface area (Å²) in [7, 11) is 0. The number of unbranched alkanes of at least 4 members (excludes halogenated alkanes) is 1. The van der Waals surface area contributed by atoms with Crippen LogP contribution in [0.4, 0.5) is 0 Å². The van der Waals surface area contributed by atoms with Gasteiger partial charge in [0.25, 0.3) is 0 Å². The van der Waals surface area contributed by atoms with E-state index in [4.69, 9.17) is 5.11 Å². The number of hydrogen-bond donors (Lipinski definition) is 1. The second kappa shape index (κ2) is 6.28. The molecule has 0 aromatic carbocycles. The fraction of sp³-hybridized carbons (Fsp3) is 0.833. The average Bonchev–Trinajstić information content (AvgIpc) is 2.69. The van der Waals surface area contributed by atoms with E-state index in [9.17, 15) is 9.59 Å². The average molecular weight is 259 g/mol. The lowest BCUT2D eigenvalue weighted by atomic mass is 9.90. The van der Waals surface area contributed by atoms with Crippen LogP contribution in [0.1, 0.15) is 32.6 Å². The minimum atomic E-state index is -0.796. The number of carboxylic acid groups (broad SMARTS) is 1. The first-order chi connectivity index (χ1) is 7.99. The number of carbonyl (C=O) groups excluding carboxylic acids is 1. The maximum atomic E-state index is 11.8. The first-order valence-corrected chi connectivity index (χ1v) is 7.39. The van der Waals surface area contributed by atoms with Crippen LogP contribution < -0.4 is 0 Å². The Morgan fingerprint density at radius 3 is 2.65 bits per heavy atom. The predicted octanol–water partition coefficient (Wildman–Crippen LogP) is 1.84. The molecule has 0 aromatic rings. The van der Waals surface area contributed by atoms with E-state index >= 15 is 0 Å². The summed E-state index contributed by atoms with van der Waals surface area (Å²) in [5.74, 6) is 0.395. The molecule has 17 heavy (non-hydrogen) atoms. The van der Waals surface area contributed by atoms with Crippen molar-refractivity contribution in [2.75, 3.05) is 25.1 Å². The molecule has 1 saturated heterocycles. The molecule has 1 heterocycles. The Morgan fingerprint density at radius 1 is 1.41 bits per heavy atom. The quantitative estimate of drug-likeness (QED) is 0.740. The smallest absolute Gasteiger partial charge is 0.311 e. The normalized spacial score (nSPS) is 24.0. The van der Waals surface area contributed by atoms with E-state index < -0.39 is 11.4 Å². The van der Waals surface area contributed by atoms with Crippen LogP contribution in [0.25, 0.3) is 0 Å². The molecule has 0 spiro atoms. The highest BCUT2D eigenvalue weighted by Crippen LogP contribution is 2.30. The zero-order chi connectivity index (χ0) is 12.9. The molecule has 4 nitrogen and oxygen atoms in total. The van der Waals surface area contributed by atoms with E-state index in [0.29, 0.717) is 25.9 Å². The van der Waals surface area contributed by atoms with Gasteiger partial charge in [0.2, 0.25) is 5.91 Å². The zero-order valence-electron chi connectivity index (χ0n) is 10.6. The SMILES string of the molecule is CSCCCCC(=O)N1CCC(C)(C(=O)O)C1. The van der Waals surface area contributed by atoms with E-state index in [0.717, 1.165) is 18.6 Å². The van der Waals surface area contributed by atoms with Crippen molar-refractivity contribution in [3.05, 3.63) is 0 Å². The Labute approximate surface area is 107 Å². The Hall–Kier alpha value is -0.710. The zero-order valence-corrected chi connectivity index (χ0v) is 11.4. The van der Waals surface area contributed by atoms with Crippen LogP contribution in [0.5, 0.6) is 0 Å². The summed E-state index contributed by atoms with van der Waals surface area (Å²) in [6, 6.07) is 0. The molecule has 0 radical (unpaired) electrons. The number of aliphatic carboxylic acids is 1. The molecule has 1 fully saturated rings. The lowest BCUT2D eigenvalue weighted by Gasteiger charge is -2.20. The molecule has 0 saturated carbocycles. The van der Waals surface area contributed by atoms with Crippen LogP contribution in [0, 0.1) is 5.41 Å². The van der Waals surface area contributed by atoms with Crippen molar-refractivity contribution in [3.8, 4) is 0 Å². The first kappa shape index (κ1) is 14.4. The molecular formula is C12H21NO3S. The second-order valence-corrected chi connectivity index (χ2v) is 5.87. The predicted molar refractivity (Wildman–Crippen MR) is 69.2 cm³/mol. The molecule has 1 unspecified atom stereocenters. The molecule has 0 aromatic heterocycles. The van der Waals surface area contributed by atoms with E-state index in [2.05, 4.69) is 6.26 Å². The van der Waals surface area contributed by atoms with E-state index in [1.54, 1.807) is 23.6 Å². The van der Waals surface area contributed by atoms with Crippen LogP contribution in [0.3, 0.4) is 0 Å². The van der Waals surface area contributed by atoms with Crippen molar-refractivity contribution >= 4 is 23.6 Å². The number of likely N-dealkylation sites (tertiary alicyclic amines) is 1. The summed E-state index contributed by atoms with van der Waals surface area (Å²) < 4.78 is 0. The summed E-state index contributed by atoms with van der Waals surface area (Å²) in [5.41, 5.74) is -0.741. The highest BCUT2D eigenvalue weighted by molar-refractivity contribution is 7.98. The monoisotopic (exact) mass is 259 g/mol. The Bertz CT molecular complexity index is 295. The first-order valence-electron chi connectivity index (χ1n) is 6.00. The minimum Gasteiger partial charge on any atom is -0.481 e. The van der Waals surface area contributed by atoms with Crippen LogP contribution in [0.15, 0.2) is 0 Å². The largest absolute Gasteiger partial charge is 0.481 e. The van der Waals surface area contributed by atoms with Gasteiger partial charge in [-0.15, -0.1) is 0 Å². The lowest BCUT2D eigenvalue weighted by molar-refractivity contribution is -0.147. The Balaban J connectivity index is 2.33. The summed E-state index contributed by atoms with van der Waals surface area (Å²) >= 11 is 1.79. The van der Waals surface area contributed by atoms with E-state index in [-0.39, 0.29) is 5.91 Å². The molecule has 1 N–H and O–H groups in total. The molecule has 1 atom stereocenters. The fourth-order valence-corrected chi connectivity index (χ4v) is 2.52. The third-order valence-corrected chi connectivity index (χ3v) is 4.03. The summed E-state index contributed by atoms with van der Waals surface area (Å²) in [4.78, 5) is 24.6. The number of nitrogens with zero attached hydrogens (tertiary/aromatic N) is 1. The molecule has 0 aliphatic carbocycles. The highest BCUT2D eigenvalue weighted by Gasteiger charge is 2.41. The van der Waals surface area contributed by atoms with Gasteiger partial charge < -0.3 is 10.0 Å². The van der Waals surface area contributed by atoms with Gasteiger partial charge >= 0.3 is 5.97 Å². The number of amides is 1. The van der Waals surface area contributed by atoms with Crippen LogP contribution >= 0.6 is 11.8 Å². The molecule has 98 valence electrons. The summed E-state index contributed by atoms with van der Waals surface area (Å²) in [6.07, 6.45) is 5.13. The third kappa shape index (κ3) is 3.91. The Morgan fingerprint density at radius 2 is 2.12 bits per heavy atom. The van der Waals surface area contributed by atoms with Gasteiger partial charge in [0.15, 0.2) is 0 Å². The number of carboxylic acids is 1. The minimum absolute atomic E-state index is 0.107. The molecule has 0 bridgehead atoms. The molecular weight excluding hydrogens is 238 g/mol. The van der Waals surface area contributed by atoms with Gasteiger partial charge in [-0.25, -0.2) is 0 Å². The van der Waals surface area contributed by atoms with Crippen molar-refractivity contribution < 1.29 is 14.7 Å². The number of carbonyl (C=O) groups is 2. The number of hydrogen-bond acceptors (Lipinski definition) is 3. The molecule has 1 rings (SSSR count). The maximum Gasteiger partial charge on any atom is 0.311 e. The topological polar surface area (TPSA) is 57.6 Å². The fourth-order valence-electron chi connectivity index (χ4n) is 2.03. The van der Waals surface area contributed by atoms with Gasteiger partial charge in [0.05, 0.1) is 5.41 Å². The Kier molecular flexibility index (Phi) is 5.31. The van der Waals surface area contributed by atoms with Crippen LogP contribution in [0.2, 0.25) is 0 Å². The van der Waals surface area contributed by atoms with Gasteiger partial charge in [-0.05, 0) is 38.2 Å². The van der Waals surface area contributed by atoms with E-state index in [1.807, 2.05) is 0 Å². The van der Waals surface area contributed by atoms with Crippen molar-refractivity contribution in [1.82, 2.24) is 4.90 Å². The molecule has 5 heteroatoms. The van der Waals surface area contributed by atoms with Crippen LogP contribution in [-0.2, 0) is 9.59 Å². The highest BCUT2D eigenvalue weighted by atomic mass is 32.2. The number of thioether (sulfide) groups is 1. The van der Waals surface area contributed by atoms with Crippen molar-refractivity contribution in [2.24, 2.45) is 5.41 Å². The van der Waals surface area contributed by atoms with Crippen molar-refractivity contribution in [2.45, 2.75) is 32.6 Å². The second-order valence-electron chi connectivity index (χ2n) is 4.88. The van der Waals surface area contributed by atoms with E-state index in [1.165, 1.54) is 0 Å². The molecule has 1 aliphatic rings. The van der Waals surface area contributed by atoms with Crippen molar-refractivity contribution in [1.29, 1.82) is 0 Å². The van der Waals surface area contributed by atoms with Gasteiger partial charge in [-0.3, -0.25) is 9.59 Å². The maximum absolute atomic E-state index is 11.8. The van der Waals surface area contributed by atoms with Gasteiger partial charge in [-0.2, -0.15) is 11.8 Å². The summed E-state index contributed by atoms with van der Waals surface area (Å²) in [6.45, 7) is 2.67. The van der Waals surface area contributed by atoms with Gasteiger partial charge in [-0.1, -0.05) is 0 Å². The lowest BCUT2D eigenvalue weighted by Crippen LogP contribution is -2.34. The molecule has 1 aliphatic heterocycles. The third-order valence-electron chi connectivity index (χ3n) is 3.33. The molecule has 1 amide bonds. The van der Waals surface area contributed by atoms with Crippen LogP contribution in [-0.4, -0.2) is 47.0 Å². The number of rotatable bonds is 6. The summed E-state index contributed by atoms with van der Waals surface area (Å²) in [5, 5.41) is 9.08. The van der Waals surface area contributed by atoms with Gasteiger partial charge in [0.1, 0.15) is 0 Å². The standard InChI is InChI=1S/C12H21NO3S/c1-12(11(15)16)6-7-13(9-12)10(14)5-3-4-8-17-2/h3-9H2,1-2H3,(H,15,16).